The minimum atomic E-state index is -0.768. The van der Waals surface area contributed by atoms with Gasteiger partial charge >= 0.3 is 0 Å². The maximum absolute atomic E-state index is 15.3. The summed E-state index contributed by atoms with van der Waals surface area (Å²) >= 11 is 0. The molecular formula is C42H53NO3. The highest BCUT2D eigenvalue weighted by Gasteiger charge is 2.74. The van der Waals surface area contributed by atoms with E-state index in [4.69, 9.17) is 0 Å². The first kappa shape index (κ1) is 30.8. The molecule has 6 aliphatic carbocycles. The molecule has 244 valence electrons. The van der Waals surface area contributed by atoms with E-state index in [2.05, 4.69) is 55.2 Å². The molecule has 0 amide bonds. The van der Waals surface area contributed by atoms with Gasteiger partial charge in [0, 0.05) is 33.9 Å². The molecule has 2 aromatic rings. The fourth-order valence-electron chi connectivity index (χ4n) is 12.1. The third-order valence-corrected chi connectivity index (χ3v) is 14.6. The lowest BCUT2D eigenvalue weighted by Gasteiger charge is -2.71. The van der Waals surface area contributed by atoms with E-state index in [9.17, 15) is 10.2 Å². The zero-order valence-electron chi connectivity index (χ0n) is 28.0. The molecule has 0 radical (unpaired) electrons. The Morgan fingerprint density at radius 3 is 2.24 bits per heavy atom. The van der Waals surface area contributed by atoms with Crippen molar-refractivity contribution in [2.45, 2.75) is 103 Å². The minimum Gasteiger partial charge on any atom is -0.393 e. The molecule has 4 heteroatoms. The van der Waals surface area contributed by atoms with Crippen LogP contribution in [0.3, 0.4) is 0 Å². The molecule has 4 fully saturated rings. The van der Waals surface area contributed by atoms with Crippen LogP contribution in [0.5, 0.6) is 0 Å². The van der Waals surface area contributed by atoms with Crippen LogP contribution in [0.4, 0.5) is 0 Å². The van der Waals surface area contributed by atoms with Crippen molar-refractivity contribution in [1.29, 1.82) is 0 Å². The normalized spacial score (nSPS) is 41.9. The first-order valence-electron chi connectivity index (χ1n) is 18.4. The first-order valence-corrected chi connectivity index (χ1v) is 18.4. The second kappa shape index (κ2) is 11.0. The second-order valence-corrected chi connectivity index (χ2v) is 16.6. The standard InChI is InChI=1S/C42H53NO3/c1-38-20-17-31(44)27-40(38)23-24-42(34(28-40)37(45)33-16-10-9-15-32(33)30-13-7-6-8-14-30)35(38)18-21-39(2)36(42)19-22-41(39,46)29-43-25-11-4-3-5-12-26-43/h6-10,13-16,23-24,28,31,35-36,44,46H,3-5,11-12,17-22,25-27,29H2,1-2H3. The van der Waals surface area contributed by atoms with Gasteiger partial charge in [-0.1, -0.05) is 106 Å². The van der Waals surface area contributed by atoms with Crippen LogP contribution in [0, 0.1) is 33.5 Å². The average molecular weight is 620 g/mol. The largest absolute Gasteiger partial charge is 0.393 e. The molecule has 1 heterocycles. The minimum absolute atomic E-state index is 0.0191. The number of aliphatic hydroxyl groups excluding tert-OH is 1. The SMILES string of the molecule is CC12CCC(O)CC13C=CC1(C(C(=O)c4ccccc4-c4ccccc4)=C3)C2CCC2(C)C1CCC2(O)CN1CCCCCCC1. The van der Waals surface area contributed by atoms with Crippen LogP contribution in [0.2, 0.25) is 0 Å². The van der Waals surface area contributed by atoms with E-state index in [0.717, 1.165) is 80.4 Å². The number of carbonyl (C=O) groups excluding carboxylic acids is 1. The predicted molar refractivity (Wildman–Crippen MR) is 184 cm³/mol. The number of rotatable bonds is 5. The molecule has 8 unspecified atom stereocenters. The number of ketones is 1. The molecule has 4 nitrogen and oxygen atoms in total. The molecule has 1 saturated heterocycles. The fraction of sp³-hybridized carbons (Fsp3) is 0.595. The van der Waals surface area contributed by atoms with Crippen molar-refractivity contribution in [1.82, 2.24) is 4.90 Å². The molecule has 2 aromatic carbocycles. The molecule has 0 aromatic heterocycles. The first-order chi connectivity index (χ1) is 22.2. The Labute approximate surface area is 276 Å². The van der Waals surface area contributed by atoms with Crippen molar-refractivity contribution in [3.8, 4) is 11.1 Å². The molecule has 2 spiro atoms. The lowest BCUT2D eigenvalue weighted by atomic mass is 9.32. The Balaban J connectivity index is 1.25. The zero-order chi connectivity index (χ0) is 31.8. The molecule has 1 aliphatic heterocycles. The van der Waals surface area contributed by atoms with Gasteiger partial charge in [-0.05, 0) is 99.3 Å². The summed E-state index contributed by atoms with van der Waals surface area (Å²) in [6, 6.07) is 18.5. The maximum atomic E-state index is 15.3. The van der Waals surface area contributed by atoms with E-state index in [1.807, 2.05) is 36.4 Å². The van der Waals surface area contributed by atoms with E-state index in [1.165, 1.54) is 32.1 Å². The van der Waals surface area contributed by atoms with Gasteiger partial charge in [-0.15, -0.1) is 0 Å². The van der Waals surface area contributed by atoms with Crippen molar-refractivity contribution in [2.24, 2.45) is 33.5 Å². The smallest absolute Gasteiger partial charge is 0.190 e. The Hall–Kier alpha value is -2.53. The number of nitrogens with zero attached hydrogens (tertiary/aromatic N) is 1. The van der Waals surface area contributed by atoms with Crippen LogP contribution in [0.15, 0.2) is 78.4 Å². The Morgan fingerprint density at radius 2 is 1.46 bits per heavy atom. The number of carbonyl (C=O) groups is 1. The molecule has 7 aliphatic rings. The van der Waals surface area contributed by atoms with Crippen LogP contribution >= 0.6 is 0 Å². The van der Waals surface area contributed by atoms with Gasteiger partial charge in [-0.3, -0.25) is 4.79 Å². The average Bonchev–Trinajstić information content (AvgIpc) is 3.32. The predicted octanol–water partition coefficient (Wildman–Crippen LogP) is 8.39. The molecule has 2 bridgehead atoms. The summed E-state index contributed by atoms with van der Waals surface area (Å²) in [5, 5.41) is 23.9. The summed E-state index contributed by atoms with van der Waals surface area (Å²) in [6.45, 7) is 7.78. The molecule has 3 saturated carbocycles. The van der Waals surface area contributed by atoms with Gasteiger partial charge in [0.15, 0.2) is 5.78 Å². The van der Waals surface area contributed by atoms with Crippen LogP contribution in [0.25, 0.3) is 11.1 Å². The van der Waals surface area contributed by atoms with Crippen molar-refractivity contribution in [3.63, 3.8) is 0 Å². The third kappa shape index (κ3) is 4.25. The third-order valence-electron chi connectivity index (χ3n) is 14.6. The van der Waals surface area contributed by atoms with Gasteiger partial charge in [0.2, 0.25) is 0 Å². The van der Waals surface area contributed by atoms with E-state index >= 15 is 4.79 Å². The summed E-state index contributed by atoms with van der Waals surface area (Å²) in [4.78, 5) is 17.9. The van der Waals surface area contributed by atoms with E-state index in [-0.39, 0.29) is 34.1 Å². The summed E-state index contributed by atoms with van der Waals surface area (Å²) in [5.41, 5.74) is 1.94. The van der Waals surface area contributed by atoms with Gasteiger partial charge in [0.1, 0.15) is 0 Å². The number of allylic oxidation sites excluding steroid dienone is 4. The van der Waals surface area contributed by atoms with Crippen LogP contribution in [-0.2, 0) is 0 Å². The van der Waals surface area contributed by atoms with E-state index in [0.29, 0.717) is 12.3 Å². The lowest BCUT2D eigenvalue weighted by molar-refractivity contribution is -0.176. The fourth-order valence-corrected chi connectivity index (χ4v) is 12.1. The number of likely N-dealkylation sites (tertiary alicyclic amines) is 1. The van der Waals surface area contributed by atoms with E-state index in [1.54, 1.807) is 0 Å². The van der Waals surface area contributed by atoms with Gasteiger partial charge < -0.3 is 15.1 Å². The molecular weight excluding hydrogens is 566 g/mol. The molecule has 2 N–H and O–H groups in total. The van der Waals surface area contributed by atoms with Gasteiger partial charge in [-0.25, -0.2) is 0 Å². The highest BCUT2D eigenvalue weighted by atomic mass is 16.3. The Bertz CT molecular complexity index is 1560. The number of aliphatic hydroxyl groups is 2. The van der Waals surface area contributed by atoms with Crippen LogP contribution in [0.1, 0.15) is 101 Å². The van der Waals surface area contributed by atoms with Crippen molar-refractivity contribution in [2.75, 3.05) is 19.6 Å². The topological polar surface area (TPSA) is 60.8 Å². The van der Waals surface area contributed by atoms with Gasteiger partial charge in [0.25, 0.3) is 0 Å². The molecule has 8 atom stereocenters. The highest BCUT2D eigenvalue weighted by Crippen LogP contribution is 2.78. The summed E-state index contributed by atoms with van der Waals surface area (Å²) in [7, 11) is 0. The lowest BCUT2D eigenvalue weighted by Crippen LogP contribution is -2.67. The second-order valence-electron chi connectivity index (χ2n) is 16.6. The number of hydrogen-bond acceptors (Lipinski definition) is 4. The van der Waals surface area contributed by atoms with Crippen molar-refractivity contribution >= 4 is 5.78 Å². The van der Waals surface area contributed by atoms with Crippen molar-refractivity contribution < 1.29 is 15.0 Å². The Morgan fingerprint density at radius 1 is 0.804 bits per heavy atom. The highest BCUT2D eigenvalue weighted by molar-refractivity contribution is 6.14. The Kier molecular flexibility index (Phi) is 7.36. The summed E-state index contributed by atoms with van der Waals surface area (Å²) in [5.74, 6) is 0.641. The number of benzene rings is 2. The quantitative estimate of drug-likeness (QED) is 0.261. The zero-order valence-corrected chi connectivity index (χ0v) is 28.0. The molecule has 9 rings (SSSR count). The number of Topliss-reactive ketones (excluding diaryl/α,β-unsaturated/α-hetero) is 1. The number of fused-ring (bicyclic) bond motifs is 1. The summed E-state index contributed by atoms with van der Waals surface area (Å²) < 4.78 is 0. The number of β-amino-alcohol motifs (C(OH)–C–C–N with tert-alkyl or cyclic N) is 1. The maximum Gasteiger partial charge on any atom is 0.190 e. The van der Waals surface area contributed by atoms with Crippen LogP contribution in [-0.4, -0.2) is 52.2 Å². The van der Waals surface area contributed by atoms with Gasteiger partial charge in [0.05, 0.1) is 11.7 Å². The van der Waals surface area contributed by atoms with Crippen molar-refractivity contribution in [3.05, 3.63) is 84.0 Å². The number of hydrogen-bond donors (Lipinski definition) is 2. The van der Waals surface area contributed by atoms with Gasteiger partial charge in [-0.2, -0.15) is 0 Å². The van der Waals surface area contributed by atoms with Crippen LogP contribution < -0.4 is 0 Å². The molecule has 46 heavy (non-hydrogen) atoms. The van der Waals surface area contributed by atoms with E-state index < -0.39 is 11.0 Å². The summed E-state index contributed by atoms with van der Waals surface area (Å²) in [6.07, 6.45) is 19.5. The monoisotopic (exact) mass is 619 g/mol.